The van der Waals surface area contributed by atoms with Gasteiger partial charge in [-0.2, -0.15) is 0 Å². The molecule has 0 saturated heterocycles. The Morgan fingerprint density at radius 2 is 1.65 bits per heavy atom. The Kier molecular flexibility index (Phi) is 5.67. The summed E-state index contributed by atoms with van der Waals surface area (Å²) >= 11 is 0. The number of aliphatic hydroxyl groups excluding tert-OH is 1. The normalized spacial score (nSPS) is 10.1. The molecule has 0 aliphatic carbocycles. The second-order valence-electron chi connectivity index (χ2n) is 3.94. The van der Waals surface area contributed by atoms with Crippen LogP contribution in [0.25, 0.3) is 0 Å². The number of rotatable bonds is 7. The van der Waals surface area contributed by atoms with Gasteiger partial charge in [0.1, 0.15) is 0 Å². The number of aromatic carboxylic acids is 2. The first-order valence-corrected chi connectivity index (χ1v) is 5.86. The van der Waals surface area contributed by atoms with Gasteiger partial charge in [0.25, 0.3) is 0 Å². The Bertz CT molecular complexity index is 521. The van der Waals surface area contributed by atoms with E-state index < -0.39 is 29.0 Å². The molecular weight excluding hydrogens is 268 g/mol. The lowest BCUT2D eigenvalue weighted by atomic mass is 10.0. The van der Waals surface area contributed by atoms with Crippen molar-refractivity contribution >= 4 is 17.9 Å². The highest BCUT2D eigenvalue weighted by Gasteiger charge is 2.19. The first kappa shape index (κ1) is 15.6. The monoisotopic (exact) mass is 282 g/mol. The lowest BCUT2D eigenvalue weighted by Gasteiger charge is -2.06. The van der Waals surface area contributed by atoms with Gasteiger partial charge in [-0.25, -0.2) is 14.4 Å². The van der Waals surface area contributed by atoms with Crippen molar-refractivity contribution in [1.82, 2.24) is 0 Å². The number of carboxylic acid groups (broad SMARTS) is 2. The molecule has 20 heavy (non-hydrogen) atoms. The lowest BCUT2D eigenvalue weighted by molar-refractivity contribution is 0.0491. The minimum Gasteiger partial charge on any atom is -0.478 e. The molecule has 0 atom stereocenters. The quantitative estimate of drug-likeness (QED) is 0.504. The molecule has 0 bridgehead atoms. The Labute approximate surface area is 114 Å². The molecule has 7 heteroatoms. The summed E-state index contributed by atoms with van der Waals surface area (Å²) in [6.07, 6.45) is 0.979. The SMILES string of the molecule is O=C(OCCCCO)c1ccc(C(=O)O)c(C(=O)O)c1. The molecule has 7 nitrogen and oxygen atoms in total. The minimum atomic E-state index is -1.43. The van der Waals surface area contributed by atoms with E-state index in [9.17, 15) is 14.4 Å². The highest BCUT2D eigenvalue weighted by molar-refractivity contribution is 6.03. The summed E-state index contributed by atoms with van der Waals surface area (Å²) in [5.41, 5.74) is -0.895. The second kappa shape index (κ2) is 7.25. The smallest absolute Gasteiger partial charge is 0.338 e. The first-order chi connectivity index (χ1) is 9.47. The van der Waals surface area contributed by atoms with Crippen molar-refractivity contribution in [3.8, 4) is 0 Å². The predicted molar refractivity (Wildman–Crippen MR) is 67.0 cm³/mol. The Hall–Kier alpha value is -2.41. The van der Waals surface area contributed by atoms with Crippen LogP contribution in [0.15, 0.2) is 18.2 Å². The van der Waals surface area contributed by atoms with E-state index in [4.69, 9.17) is 20.1 Å². The van der Waals surface area contributed by atoms with Crippen molar-refractivity contribution in [2.45, 2.75) is 12.8 Å². The number of esters is 1. The Balaban J connectivity index is 2.86. The number of carboxylic acids is 2. The molecule has 0 heterocycles. The first-order valence-electron chi connectivity index (χ1n) is 5.86. The molecule has 0 spiro atoms. The van der Waals surface area contributed by atoms with Gasteiger partial charge in [0.15, 0.2) is 0 Å². The van der Waals surface area contributed by atoms with E-state index >= 15 is 0 Å². The molecule has 0 radical (unpaired) electrons. The summed E-state index contributed by atoms with van der Waals surface area (Å²) in [5.74, 6) is -3.55. The molecule has 0 aliphatic rings. The van der Waals surface area contributed by atoms with Crippen LogP contribution in [0.1, 0.15) is 43.9 Å². The fourth-order valence-corrected chi connectivity index (χ4v) is 1.50. The predicted octanol–water partition coefficient (Wildman–Crippen LogP) is 1.01. The van der Waals surface area contributed by atoms with Crippen molar-refractivity contribution in [1.29, 1.82) is 0 Å². The van der Waals surface area contributed by atoms with E-state index in [1.165, 1.54) is 6.07 Å². The number of aliphatic hydroxyl groups is 1. The largest absolute Gasteiger partial charge is 0.478 e. The average molecular weight is 282 g/mol. The van der Waals surface area contributed by atoms with Crippen LogP contribution in [0.3, 0.4) is 0 Å². The van der Waals surface area contributed by atoms with Gasteiger partial charge >= 0.3 is 17.9 Å². The van der Waals surface area contributed by atoms with Crippen LogP contribution >= 0.6 is 0 Å². The van der Waals surface area contributed by atoms with Gasteiger partial charge in [-0.3, -0.25) is 0 Å². The fraction of sp³-hybridized carbons (Fsp3) is 0.308. The summed E-state index contributed by atoms with van der Waals surface area (Å²) in [7, 11) is 0. The summed E-state index contributed by atoms with van der Waals surface area (Å²) in [4.78, 5) is 33.4. The van der Waals surface area contributed by atoms with Gasteiger partial charge in [-0.15, -0.1) is 0 Å². The zero-order chi connectivity index (χ0) is 15.1. The fourth-order valence-electron chi connectivity index (χ4n) is 1.50. The van der Waals surface area contributed by atoms with Crippen LogP contribution in [-0.4, -0.2) is 46.4 Å². The lowest BCUT2D eigenvalue weighted by Crippen LogP contribution is -2.12. The van der Waals surface area contributed by atoms with Gasteiger partial charge in [0, 0.05) is 6.61 Å². The summed E-state index contributed by atoms with van der Waals surface area (Å²) in [6, 6.07) is 3.22. The third-order valence-electron chi connectivity index (χ3n) is 2.50. The molecule has 108 valence electrons. The zero-order valence-corrected chi connectivity index (χ0v) is 10.5. The standard InChI is InChI=1S/C13H14O7/c14-5-1-2-6-20-13(19)8-3-4-9(11(15)16)10(7-8)12(17)18/h3-4,7,14H,1-2,5-6H2,(H,15,16)(H,17,18). The van der Waals surface area contributed by atoms with Gasteiger partial charge in [-0.05, 0) is 31.0 Å². The molecule has 0 unspecified atom stereocenters. The minimum absolute atomic E-state index is 0.00593. The number of ether oxygens (including phenoxy) is 1. The Morgan fingerprint density at radius 1 is 1.00 bits per heavy atom. The summed E-state index contributed by atoms with van der Waals surface area (Å²) < 4.78 is 4.87. The number of benzene rings is 1. The van der Waals surface area contributed by atoms with Crippen molar-refractivity contribution < 1.29 is 34.4 Å². The van der Waals surface area contributed by atoms with Crippen molar-refractivity contribution in [2.75, 3.05) is 13.2 Å². The van der Waals surface area contributed by atoms with Crippen molar-refractivity contribution in [3.05, 3.63) is 34.9 Å². The third kappa shape index (κ3) is 4.06. The number of carbonyl (C=O) groups excluding carboxylic acids is 1. The topological polar surface area (TPSA) is 121 Å². The van der Waals surface area contributed by atoms with E-state index in [0.717, 1.165) is 12.1 Å². The Morgan fingerprint density at radius 3 is 2.20 bits per heavy atom. The van der Waals surface area contributed by atoms with Gasteiger partial charge in [0.05, 0.1) is 23.3 Å². The van der Waals surface area contributed by atoms with Crippen LogP contribution < -0.4 is 0 Å². The molecule has 0 aliphatic heterocycles. The zero-order valence-electron chi connectivity index (χ0n) is 10.5. The molecule has 3 N–H and O–H groups in total. The van der Waals surface area contributed by atoms with Crippen LogP contribution in [0.4, 0.5) is 0 Å². The third-order valence-corrected chi connectivity index (χ3v) is 2.50. The number of hydrogen-bond acceptors (Lipinski definition) is 5. The average Bonchev–Trinajstić information content (AvgIpc) is 2.42. The van der Waals surface area contributed by atoms with Crippen LogP contribution in [-0.2, 0) is 4.74 Å². The molecule has 0 saturated carbocycles. The molecule has 0 amide bonds. The van der Waals surface area contributed by atoms with E-state index in [1.807, 2.05) is 0 Å². The highest BCUT2D eigenvalue weighted by atomic mass is 16.5. The molecule has 1 aromatic carbocycles. The number of carbonyl (C=O) groups is 3. The molecule has 0 fully saturated rings. The van der Waals surface area contributed by atoms with Crippen molar-refractivity contribution in [2.24, 2.45) is 0 Å². The van der Waals surface area contributed by atoms with E-state index in [1.54, 1.807) is 0 Å². The molecular formula is C13H14O7. The molecule has 0 aromatic heterocycles. The van der Waals surface area contributed by atoms with Crippen LogP contribution in [0.5, 0.6) is 0 Å². The molecule has 1 aromatic rings. The number of hydrogen-bond donors (Lipinski definition) is 3. The van der Waals surface area contributed by atoms with Gasteiger partial charge in [-0.1, -0.05) is 0 Å². The second-order valence-corrected chi connectivity index (χ2v) is 3.94. The van der Waals surface area contributed by atoms with Crippen LogP contribution in [0, 0.1) is 0 Å². The highest BCUT2D eigenvalue weighted by Crippen LogP contribution is 2.14. The summed E-state index contributed by atoms with van der Waals surface area (Å²) in [5, 5.41) is 26.3. The van der Waals surface area contributed by atoms with Gasteiger partial charge in [0.2, 0.25) is 0 Å². The van der Waals surface area contributed by atoms with E-state index in [0.29, 0.717) is 12.8 Å². The maximum absolute atomic E-state index is 11.6. The maximum atomic E-state index is 11.6. The van der Waals surface area contributed by atoms with E-state index in [-0.39, 0.29) is 18.8 Å². The van der Waals surface area contributed by atoms with Crippen LogP contribution in [0.2, 0.25) is 0 Å². The maximum Gasteiger partial charge on any atom is 0.338 e. The number of unbranched alkanes of at least 4 members (excludes halogenated alkanes) is 1. The van der Waals surface area contributed by atoms with E-state index in [2.05, 4.69) is 0 Å². The summed E-state index contributed by atoms with van der Waals surface area (Å²) in [6.45, 7) is 0.0938. The van der Waals surface area contributed by atoms with Gasteiger partial charge < -0.3 is 20.1 Å². The van der Waals surface area contributed by atoms with Crippen molar-refractivity contribution in [3.63, 3.8) is 0 Å². The molecule has 1 rings (SSSR count).